The third-order valence-corrected chi connectivity index (χ3v) is 4.21. The molecule has 2 rings (SSSR count). The summed E-state index contributed by atoms with van der Waals surface area (Å²) in [7, 11) is 0. The lowest BCUT2D eigenvalue weighted by Gasteiger charge is -2.13. The average molecular weight is 405 g/mol. The first-order valence-electron chi connectivity index (χ1n) is 7.71. The molecule has 6 heteroatoms. The Morgan fingerprint density at radius 1 is 1.20 bits per heavy atom. The predicted octanol–water partition coefficient (Wildman–Crippen LogP) is 3.42. The van der Waals surface area contributed by atoms with Crippen LogP contribution in [-0.2, 0) is 16.1 Å². The number of halogens is 2. The molecule has 130 valence electrons. The quantitative estimate of drug-likeness (QED) is 0.724. The Morgan fingerprint density at radius 2 is 1.92 bits per heavy atom. The summed E-state index contributed by atoms with van der Waals surface area (Å²) < 4.78 is 13.9. The Morgan fingerprint density at radius 3 is 2.64 bits per heavy atom. The highest BCUT2D eigenvalue weighted by molar-refractivity contribution is 9.10. The molecule has 4 nitrogen and oxygen atoms in total. The Kier molecular flexibility index (Phi) is 6.89. The Bertz CT molecular complexity index is 778. The van der Waals surface area contributed by atoms with Gasteiger partial charge in [-0.15, -0.1) is 0 Å². The van der Waals surface area contributed by atoms with E-state index in [1.54, 1.807) is 19.1 Å². The van der Waals surface area contributed by atoms with Gasteiger partial charge in [-0.2, -0.15) is 0 Å². The topological polar surface area (TPSA) is 58.2 Å². The van der Waals surface area contributed by atoms with Crippen LogP contribution in [0, 0.1) is 5.82 Å². The lowest BCUT2D eigenvalue weighted by atomic mass is 10.2. The summed E-state index contributed by atoms with van der Waals surface area (Å²) >= 11 is 3.30. The second-order valence-electron chi connectivity index (χ2n) is 5.43. The number of rotatable bonds is 6. The van der Waals surface area contributed by atoms with Crippen LogP contribution in [0.1, 0.15) is 18.1 Å². The molecule has 2 aromatic rings. The summed E-state index contributed by atoms with van der Waals surface area (Å²) in [5.41, 5.74) is 1.52. The maximum absolute atomic E-state index is 13.2. The molecule has 0 aliphatic heterocycles. The maximum Gasteiger partial charge on any atom is 0.244 e. The molecule has 2 N–H and O–H groups in total. The van der Waals surface area contributed by atoms with Gasteiger partial charge in [0, 0.05) is 17.1 Å². The molecule has 2 aromatic carbocycles. The van der Waals surface area contributed by atoms with Crippen LogP contribution < -0.4 is 10.6 Å². The fourth-order valence-electron chi connectivity index (χ4n) is 2.08. The van der Waals surface area contributed by atoms with Crippen molar-refractivity contribution in [2.45, 2.75) is 19.5 Å². The lowest BCUT2D eigenvalue weighted by Crippen LogP contribution is -2.44. The summed E-state index contributed by atoms with van der Waals surface area (Å²) in [6.45, 7) is 1.75. The smallest absolute Gasteiger partial charge is 0.244 e. The van der Waals surface area contributed by atoms with Gasteiger partial charge in [-0.1, -0.05) is 46.3 Å². The number of carbonyl (C=O) groups is 2. The minimum atomic E-state index is -0.708. The van der Waals surface area contributed by atoms with Crippen molar-refractivity contribution in [3.05, 3.63) is 76.0 Å². The molecule has 0 heterocycles. The van der Waals surface area contributed by atoms with Gasteiger partial charge < -0.3 is 10.6 Å². The van der Waals surface area contributed by atoms with Gasteiger partial charge >= 0.3 is 0 Å². The average Bonchev–Trinajstić information content (AvgIpc) is 2.61. The lowest BCUT2D eigenvalue weighted by molar-refractivity contribution is -0.126. The largest absolute Gasteiger partial charge is 0.350 e. The molecule has 0 fully saturated rings. The second kappa shape index (κ2) is 9.13. The summed E-state index contributed by atoms with van der Waals surface area (Å²) in [5, 5.41) is 5.26. The molecular weight excluding hydrogens is 387 g/mol. The van der Waals surface area contributed by atoms with Crippen molar-refractivity contribution in [1.82, 2.24) is 10.6 Å². The van der Waals surface area contributed by atoms with E-state index < -0.39 is 6.04 Å². The highest BCUT2D eigenvalue weighted by Crippen LogP contribution is 2.17. The van der Waals surface area contributed by atoms with Crippen molar-refractivity contribution in [2.24, 2.45) is 0 Å². The van der Waals surface area contributed by atoms with E-state index in [4.69, 9.17) is 0 Å². The zero-order chi connectivity index (χ0) is 18.2. The minimum Gasteiger partial charge on any atom is -0.350 e. The Labute approximate surface area is 154 Å². The van der Waals surface area contributed by atoms with Gasteiger partial charge in [0.05, 0.1) is 0 Å². The Balaban J connectivity index is 1.84. The van der Waals surface area contributed by atoms with Crippen LogP contribution in [0.15, 0.2) is 59.1 Å². The first-order chi connectivity index (χ1) is 12.0. The van der Waals surface area contributed by atoms with Gasteiger partial charge in [0.25, 0.3) is 0 Å². The van der Waals surface area contributed by atoms with Crippen molar-refractivity contribution >= 4 is 33.8 Å². The third kappa shape index (κ3) is 6.15. The zero-order valence-electron chi connectivity index (χ0n) is 13.6. The summed E-state index contributed by atoms with van der Waals surface area (Å²) in [4.78, 5) is 23.9. The van der Waals surface area contributed by atoms with E-state index >= 15 is 0 Å². The molecule has 0 aliphatic rings. The van der Waals surface area contributed by atoms with Crippen LogP contribution in [0.3, 0.4) is 0 Å². The minimum absolute atomic E-state index is 0.164. The van der Waals surface area contributed by atoms with Crippen molar-refractivity contribution in [2.75, 3.05) is 0 Å². The van der Waals surface area contributed by atoms with Gasteiger partial charge in [0.2, 0.25) is 11.8 Å². The van der Waals surface area contributed by atoms with E-state index in [9.17, 15) is 14.0 Å². The fraction of sp³-hybridized carbons (Fsp3) is 0.158. The first kappa shape index (κ1) is 18.9. The first-order valence-corrected chi connectivity index (χ1v) is 8.50. The van der Waals surface area contributed by atoms with Gasteiger partial charge in [-0.05, 0) is 42.3 Å². The van der Waals surface area contributed by atoms with E-state index in [2.05, 4.69) is 26.6 Å². The van der Waals surface area contributed by atoms with Crippen molar-refractivity contribution in [3.8, 4) is 0 Å². The van der Waals surface area contributed by atoms with Crippen LogP contribution in [0.4, 0.5) is 4.39 Å². The van der Waals surface area contributed by atoms with Gasteiger partial charge in [0.15, 0.2) is 0 Å². The van der Waals surface area contributed by atoms with Gasteiger partial charge in [-0.25, -0.2) is 4.39 Å². The molecule has 25 heavy (non-hydrogen) atoms. The van der Waals surface area contributed by atoms with Gasteiger partial charge in [-0.3, -0.25) is 9.59 Å². The number of benzene rings is 2. The highest BCUT2D eigenvalue weighted by atomic mass is 79.9. The SMILES string of the molecule is CC(NC(=O)C=Cc1ccccc1)C(=O)NCc1cc(F)ccc1Br. The molecule has 0 aromatic heterocycles. The van der Waals surface area contributed by atoms with Crippen molar-refractivity contribution in [3.63, 3.8) is 0 Å². The van der Waals surface area contributed by atoms with Crippen LogP contribution in [0.2, 0.25) is 0 Å². The van der Waals surface area contributed by atoms with Crippen molar-refractivity contribution in [1.29, 1.82) is 0 Å². The number of hydrogen-bond acceptors (Lipinski definition) is 2. The van der Waals surface area contributed by atoms with Crippen LogP contribution in [-0.4, -0.2) is 17.9 Å². The van der Waals surface area contributed by atoms with Crippen LogP contribution >= 0.6 is 15.9 Å². The number of amides is 2. The molecule has 0 bridgehead atoms. The molecule has 0 aliphatic carbocycles. The normalized spacial score (nSPS) is 12.0. The molecule has 1 unspecified atom stereocenters. The maximum atomic E-state index is 13.2. The number of hydrogen-bond donors (Lipinski definition) is 2. The molecule has 0 spiro atoms. The summed E-state index contributed by atoms with van der Waals surface area (Å²) in [6.07, 6.45) is 3.05. The highest BCUT2D eigenvalue weighted by Gasteiger charge is 2.14. The number of carbonyl (C=O) groups excluding carboxylic acids is 2. The van der Waals surface area contributed by atoms with E-state index in [1.807, 2.05) is 30.3 Å². The zero-order valence-corrected chi connectivity index (χ0v) is 15.2. The Hall–Kier alpha value is -2.47. The standard InChI is InChI=1S/C19H18BrFN2O2/c1-13(23-18(24)10-7-14-5-3-2-4-6-14)19(25)22-12-15-11-16(21)8-9-17(15)20/h2-11,13H,12H2,1H3,(H,22,25)(H,23,24). The fourth-order valence-corrected chi connectivity index (χ4v) is 2.46. The summed E-state index contributed by atoms with van der Waals surface area (Å²) in [6, 6.07) is 12.9. The number of nitrogens with one attached hydrogen (secondary N) is 2. The molecule has 2 amide bonds. The van der Waals surface area contributed by atoms with Crippen LogP contribution in [0.25, 0.3) is 6.08 Å². The van der Waals surface area contributed by atoms with E-state index in [1.165, 1.54) is 18.2 Å². The van der Waals surface area contributed by atoms with Crippen LogP contribution in [0.5, 0.6) is 0 Å². The van der Waals surface area contributed by atoms with E-state index in [0.29, 0.717) is 10.0 Å². The van der Waals surface area contributed by atoms with Gasteiger partial charge in [0.1, 0.15) is 11.9 Å². The molecule has 1 atom stereocenters. The second-order valence-corrected chi connectivity index (χ2v) is 6.28. The monoisotopic (exact) mass is 404 g/mol. The predicted molar refractivity (Wildman–Crippen MR) is 99.0 cm³/mol. The van der Waals surface area contributed by atoms with Crippen molar-refractivity contribution < 1.29 is 14.0 Å². The molecular formula is C19H18BrFN2O2. The molecule has 0 saturated carbocycles. The molecule has 0 saturated heterocycles. The molecule has 0 radical (unpaired) electrons. The van der Waals surface area contributed by atoms with E-state index in [-0.39, 0.29) is 24.2 Å². The third-order valence-electron chi connectivity index (χ3n) is 3.44. The summed E-state index contributed by atoms with van der Waals surface area (Å²) in [5.74, 6) is -1.09. The van der Waals surface area contributed by atoms with E-state index in [0.717, 1.165) is 5.56 Å².